The third-order valence-electron chi connectivity index (χ3n) is 7.83. The van der Waals surface area contributed by atoms with E-state index in [1.54, 1.807) is 6.92 Å². The van der Waals surface area contributed by atoms with E-state index in [4.69, 9.17) is 0 Å². The third kappa shape index (κ3) is 6.23. The van der Waals surface area contributed by atoms with Gasteiger partial charge in [-0.1, -0.05) is 60.7 Å². The first-order chi connectivity index (χ1) is 15.9. The molecule has 5 nitrogen and oxygen atoms in total. The van der Waals surface area contributed by atoms with Crippen molar-refractivity contribution in [2.24, 2.45) is 5.92 Å². The van der Waals surface area contributed by atoms with Crippen LogP contribution in [0.5, 0.6) is 0 Å². The topological polar surface area (TPSA) is 64.0 Å². The van der Waals surface area contributed by atoms with Crippen LogP contribution < -0.4 is 0 Å². The number of likely N-dealkylation sites (tertiary alicyclic amines) is 2. The van der Waals surface area contributed by atoms with E-state index >= 15 is 0 Å². The zero-order chi connectivity index (χ0) is 23.3. The minimum atomic E-state index is -0.749. The largest absolute Gasteiger partial charge is 0.480 e. The van der Waals surface area contributed by atoms with Crippen LogP contribution >= 0.6 is 0 Å². The molecular formula is C28H38N2O3. The SMILES string of the molecule is C[C@H](C(=O)O)N1C[C@H](CN2CCC(O)(CCCc3ccccc3)CC2)[C@@H](c2ccccc2)C1. The van der Waals surface area contributed by atoms with Gasteiger partial charge in [-0.15, -0.1) is 0 Å². The summed E-state index contributed by atoms with van der Waals surface area (Å²) in [6, 6.07) is 20.6. The molecule has 2 heterocycles. The summed E-state index contributed by atoms with van der Waals surface area (Å²) in [5.41, 5.74) is 2.09. The molecule has 0 unspecified atom stereocenters. The first-order valence-electron chi connectivity index (χ1n) is 12.4. The molecule has 2 aliphatic rings. The molecule has 0 radical (unpaired) electrons. The Hall–Kier alpha value is -2.21. The lowest BCUT2D eigenvalue weighted by Gasteiger charge is -2.40. The summed E-state index contributed by atoms with van der Waals surface area (Å²) in [7, 11) is 0. The first kappa shape index (κ1) is 23.9. The number of benzene rings is 2. The van der Waals surface area contributed by atoms with Crippen LogP contribution in [0.25, 0.3) is 0 Å². The van der Waals surface area contributed by atoms with E-state index in [0.717, 1.165) is 64.8 Å². The number of carboxylic acids is 1. The van der Waals surface area contributed by atoms with Gasteiger partial charge >= 0.3 is 5.97 Å². The fourth-order valence-corrected chi connectivity index (χ4v) is 5.64. The Balaban J connectivity index is 1.31. The van der Waals surface area contributed by atoms with Gasteiger partial charge in [0, 0.05) is 38.6 Å². The highest BCUT2D eigenvalue weighted by molar-refractivity contribution is 5.73. The van der Waals surface area contributed by atoms with Crippen LogP contribution in [0.4, 0.5) is 0 Å². The van der Waals surface area contributed by atoms with Crippen LogP contribution in [0.1, 0.15) is 49.7 Å². The first-order valence-corrected chi connectivity index (χ1v) is 12.4. The average Bonchev–Trinajstić information content (AvgIpc) is 3.25. The maximum Gasteiger partial charge on any atom is 0.320 e. The molecule has 0 bridgehead atoms. The number of nitrogens with zero attached hydrogens (tertiary/aromatic N) is 2. The summed E-state index contributed by atoms with van der Waals surface area (Å²) in [6.45, 7) is 6.18. The van der Waals surface area contributed by atoms with Gasteiger partial charge in [0.1, 0.15) is 6.04 Å². The molecule has 2 fully saturated rings. The van der Waals surface area contributed by atoms with Crippen molar-refractivity contribution in [3.8, 4) is 0 Å². The number of hydrogen-bond donors (Lipinski definition) is 2. The molecule has 0 spiro atoms. The summed E-state index contributed by atoms with van der Waals surface area (Å²) in [5.74, 6) is -0.000780. The van der Waals surface area contributed by atoms with E-state index in [-0.39, 0.29) is 0 Å². The summed E-state index contributed by atoms with van der Waals surface area (Å²) in [6.07, 6.45) is 4.53. The second kappa shape index (κ2) is 10.8. The number of carbonyl (C=O) groups is 1. The molecular weight excluding hydrogens is 412 g/mol. The maximum atomic E-state index is 11.6. The van der Waals surface area contributed by atoms with E-state index in [2.05, 4.69) is 58.3 Å². The van der Waals surface area contributed by atoms with Crippen LogP contribution in [0, 0.1) is 5.92 Å². The minimum absolute atomic E-state index is 0.347. The van der Waals surface area contributed by atoms with E-state index < -0.39 is 17.6 Å². The van der Waals surface area contributed by atoms with Crippen molar-refractivity contribution < 1.29 is 15.0 Å². The molecule has 2 saturated heterocycles. The lowest BCUT2D eigenvalue weighted by atomic mass is 9.84. The van der Waals surface area contributed by atoms with Gasteiger partial charge in [-0.2, -0.15) is 0 Å². The number of carboxylic acid groups (broad SMARTS) is 1. The molecule has 33 heavy (non-hydrogen) atoms. The second-order valence-corrected chi connectivity index (χ2v) is 10.1. The van der Waals surface area contributed by atoms with Crippen LogP contribution in [-0.2, 0) is 11.2 Å². The lowest BCUT2D eigenvalue weighted by Crippen LogP contribution is -2.46. The predicted octanol–water partition coefficient (Wildman–Crippen LogP) is 4.02. The van der Waals surface area contributed by atoms with Crippen molar-refractivity contribution in [1.82, 2.24) is 9.80 Å². The predicted molar refractivity (Wildman–Crippen MR) is 131 cm³/mol. The number of aliphatic carboxylic acids is 1. The summed E-state index contributed by atoms with van der Waals surface area (Å²) >= 11 is 0. The Morgan fingerprint density at radius 3 is 2.30 bits per heavy atom. The number of aryl methyl sites for hydroxylation is 1. The van der Waals surface area contributed by atoms with Gasteiger partial charge in [-0.25, -0.2) is 0 Å². The number of piperidine rings is 1. The molecule has 5 heteroatoms. The Labute approximate surface area is 198 Å². The highest BCUT2D eigenvalue weighted by Crippen LogP contribution is 2.36. The zero-order valence-electron chi connectivity index (χ0n) is 19.8. The Kier molecular flexibility index (Phi) is 7.84. The normalized spacial score (nSPS) is 24.5. The van der Waals surface area contributed by atoms with Crippen molar-refractivity contribution in [2.75, 3.05) is 32.7 Å². The van der Waals surface area contributed by atoms with Gasteiger partial charge in [0.25, 0.3) is 0 Å². The second-order valence-electron chi connectivity index (χ2n) is 10.1. The van der Waals surface area contributed by atoms with Crippen LogP contribution in [0.2, 0.25) is 0 Å². The van der Waals surface area contributed by atoms with Crippen LogP contribution in [0.15, 0.2) is 60.7 Å². The van der Waals surface area contributed by atoms with Crippen LogP contribution in [-0.4, -0.2) is 70.3 Å². The maximum absolute atomic E-state index is 11.6. The summed E-state index contributed by atoms with van der Waals surface area (Å²) in [4.78, 5) is 16.2. The van der Waals surface area contributed by atoms with E-state index in [1.165, 1.54) is 11.1 Å². The molecule has 0 saturated carbocycles. The van der Waals surface area contributed by atoms with Gasteiger partial charge in [-0.3, -0.25) is 9.69 Å². The summed E-state index contributed by atoms with van der Waals surface area (Å²) < 4.78 is 0. The molecule has 2 aromatic carbocycles. The Morgan fingerprint density at radius 1 is 1.03 bits per heavy atom. The van der Waals surface area contributed by atoms with Gasteiger partial charge in [-0.05, 0) is 56.1 Å². The molecule has 2 aliphatic heterocycles. The van der Waals surface area contributed by atoms with E-state index in [9.17, 15) is 15.0 Å². The average molecular weight is 451 g/mol. The monoisotopic (exact) mass is 450 g/mol. The van der Waals surface area contributed by atoms with Crippen LogP contribution in [0.3, 0.4) is 0 Å². The number of rotatable bonds is 9. The fourth-order valence-electron chi connectivity index (χ4n) is 5.64. The van der Waals surface area contributed by atoms with Gasteiger partial charge in [0.2, 0.25) is 0 Å². The van der Waals surface area contributed by atoms with Crippen molar-refractivity contribution in [3.63, 3.8) is 0 Å². The molecule has 178 valence electrons. The molecule has 4 rings (SSSR count). The van der Waals surface area contributed by atoms with E-state index in [1.807, 2.05) is 12.1 Å². The van der Waals surface area contributed by atoms with Crippen molar-refractivity contribution in [1.29, 1.82) is 0 Å². The lowest BCUT2D eigenvalue weighted by molar-refractivity contribution is -0.142. The number of aliphatic hydroxyl groups is 1. The zero-order valence-corrected chi connectivity index (χ0v) is 19.8. The highest BCUT2D eigenvalue weighted by Gasteiger charge is 2.40. The fraction of sp³-hybridized carbons (Fsp3) is 0.536. The van der Waals surface area contributed by atoms with Crippen molar-refractivity contribution in [2.45, 2.75) is 56.6 Å². The van der Waals surface area contributed by atoms with Crippen molar-refractivity contribution in [3.05, 3.63) is 71.8 Å². The Bertz CT molecular complexity index is 881. The molecule has 0 amide bonds. The standard InChI is InChI=1S/C28H38N2O3/c1-22(27(31)32)30-20-25(26(21-30)24-12-6-3-7-13-24)19-29-17-15-28(33,16-18-29)14-8-11-23-9-4-2-5-10-23/h2-7,9-10,12-13,22,25-26,33H,8,11,14-21H2,1H3,(H,31,32)/t22-,25+,26-/m1/s1. The number of hydrogen-bond acceptors (Lipinski definition) is 4. The van der Waals surface area contributed by atoms with Gasteiger partial charge in [0.05, 0.1) is 5.60 Å². The van der Waals surface area contributed by atoms with Gasteiger partial charge < -0.3 is 15.1 Å². The molecule has 3 atom stereocenters. The van der Waals surface area contributed by atoms with Gasteiger partial charge in [0.15, 0.2) is 0 Å². The minimum Gasteiger partial charge on any atom is -0.480 e. The Morgan fingerprint density at radius 2 is 1.67 bits per heavy atom. The quantitative estimate of drug-likeness (QED) is 0.604. The third-order valence-corrected chi connectivity index (χ3v) is 7.83. The molecule has 2 N–H and O–H groups in total. The molecule has 2 aromatic rings. The summed E-state index contributed by atoms with van der Waals surface area (Å²) in [5, 5.41) is 20.7. The molecule has 0 aliphatic carbocycles. The highest BCUT2D eigenvalue weighted by atomic mass is 16.4. The molecule has 0 aromatic heterocycles. The van der Waals surface area contributed by atoms with E-state index in [0.29, 0.717) is 11.8 Å². The smallest absolute Gasteiger partial charge is 0.320 e. The van der Waals surface area contributed by atoms with Crippen molar-refractivity contribution >= 4 is 5.97 Å².